The van der Waals surface area contributed by atoms with Crippen LogP contribution in [0.4, 0.5) is 0 Å². The number of para-hydroxylation sites is 3. The molecule has 0 aliphatic heterocycles. The fourth-order valence-electron chi connectivity index (χ4n) is 6.85. The first kappa shape index (κ1) is 27.3. The van der Waals surface area contributed by atoms with Crippen LogP contribution in [0.1, 0.15) is 11.1 Å². The van der Waals surface area contributed by atoms with Crippen molar-refractivity contribution in [3.05, 3.63) is 157 Å². The zero-order valence-electron chi connectivity index (χ0n) is 25.5. The lowest BCUT2D eigenvalue weighted by atomic mass is 10.1. The van der Waals surface area contributed by atoms with Gasteiger partial charge in [0.05, 0.1) is 56.7 Å². The van der Waals surface area contributed by atoms with Gasteiger partial charge in [-0.05, 0) is 66.7 Å². The number of rotatable bonds is 4. The second-order valence-electron chi connectivity index (χ2n) is 11.7. The van der Waals surface area contributed by atoms with E-state index in [-0.39, 0.29) is 0 Å². The molecule has 0 saturated carbocycles. The first-order valence-electron chi connectivity index (χ1n) is 15.6. The first-order chi connectivity index (χ1) is 23.7. The van der Waals surface area contributed by atoms with Crippen LogP contribution in [-0.2, 0) is 0 Å². The van der Waals surface area contributed by atoms with Gasteiger partial charge in [-0.3, -0.25) is 4.57 Å². The maximum Gasteiger partial charge on any atom is 0.235 e. The Kier molecular flexibility index (Phi) is 6.15. The summed E-state index contributed by atoms with van der Waals surface area (Å²) in [4.78, 5) is 10.3. The van der Waals surface area contributed by atoms with Crippen LogP contribution >= 0.6 is 0 Å². The van der Waals surface area contributed by atoms with Crippen molar-refractivity contribution in [2.24, 2.45) is 0 Å². The molecule has 9 rings (SSSR count). The largest absolute Gasteiger partial charge is 0.309 e. The molecule has 0 spiro atoms. The number of nitriles is 2. The van der Waals surface area contributed by atoms with Gasteiger partial charge in [-0.2, -0.15) is 10.5 Å². The predicted octanol–water partition coefficient (Wildman–Crippen LogP) is 9.75. The van der Waals surface area contributed by atoms with Crippen LogP contribution in [0.5, 0.6) is 0 Å². The molecule has 6 aromatic carbocycles. The van der Waals surface area contributed by atoms with E-state index in [1.807, 2.05) is 42.5 Å². The van der Waals surface area contributed by atoms with Crippen molar-refractivity contribution < 1.29 is 0 Å². The minimum atomic E-state index is 0.536. The molecule has 9 aromatic rings. The predicted molar refractivity (Wildman–Crippen MR) is 191 cm³/mol. The summed E-state index contributed by atoms with van der Waals surface area (Å²) in [5.41, 5.74) is 9.77. The van der Waals surface area contributed by atoms with Gasteiger partial charge in [-0.15, -0.1) is 0 Å². The van der Waals surface area contributed by atoms with E-state index in [0.29, 0.717) is 17.1 Å². The Morgan fingerprint density at radius 2 is 0.896 bits per heavy atom. The Morgan fingerprint density at radius 3 is 1.42 bits per heavy atom. The molecular weight excluding hydrogens is 589 g/mol. The molecule has 6 nitrogen and oxygen atoms in total. The van der Waals surface area contributed by atoms with Gasteiger partial charge < -0.3 is 4.57 Å². The Morgan fingerprint density at radius 1 is 0.438 bits per heavy atom. The van der Waals surface area contributed by atoms with Crippen LogP contribution in [0.2, 0.25) is 0 Å². The number of aromatic nitrogens is 4. The van der Waals surface area contributed by atoms with E-state index in [4.69, 9.17) is 9.97 Å². The Balaban J connectivity index is 1.38. The highest BCUT2D eigenvalue weighted by atomic mass is 15.2. The molecule has 0 amide bonds. The monoisotopic (exact) mass is 612 g/mol. The summed E-state index contributed by atoms with van der Waals surface area (Å²) in [5.74, 6) is 0.536. The molecule has 0 N–H and O–H groups in total. The maximum absolute atomic E-state index is 9.41. The summed E-state index contributed by atoms with van der Waals surface area (Å²) in [7, 11) is 0. The van der Waals surface area contributed by atoms with Gasteiger partial charge in [0.2, 0.25) is 5.95 Å². The van der Waals surface area contributed by atoms with E-state index in [9.17, 15) is 10.5 Å². The number of benzene rings is 6. The van der Waals surface area contributed by atoms with Gasteiger partial charge in [0.1, 0.15) is 0 Å². The van der Waals surface area contributed by atoms with Crippen molar-refractivity contribution in [1.29, 1.82) is 10.5 Å². The Bertz CT molecular complexity index is 2700. The molecule has 3 heterocycles. The summed E-state index contributed by atoms with van der Waals surface area (Å²) in [6.07, 6.45) is 0. The molecule has 0 radical (unpaired) electrons. The number of fused-ring (bicyclic) bond motifs is 7. The van der Waals surface area contributed by atoms with E-state index in [1.165, 1.54) is 10.8 Å². The zero-order chi connectivity index (χ0) is 32.2. The molecule has 222 valence electrons. The van der Waals surface area contributed by atoms with Crippen LogP contribution in [0.3, 0.4) is 0 Å². The van der Waals surface area contributed by atoms with Crippen LogP contribution < -0.4 is 0 Å². The van der Waals surface area contributed by atoms with Crippen molar-refractivity contribution in [2.75, 3.05) is 0 Å². The molecule has 0 unspecified atom stereocenters. The molecule has 48 heavy (non-hydrogen) atoms. The summed E-state index contributed by atoms with van der Waals surface area (Å²) < 4.78 is 4.49. The van der Waals surface area contributed by atoms with Gasteiger partial charge in [-0.25, -0.2) is 9.97 Å². The summed E-state index contributed by atoms with van der Waals surface area (Å²) in [5, 5.41) is 23.4. The maximum atomic E-state index is 9.41. The topological polar surface area (TPSA) is 83.2 Å². The Hall–Kier alpha value is -7.02. The highest BCUT2D eigenvalue weighted by Gasteiger charge is 2.22. The minimum Gasteiger partial charge on any atom is -0.309 e. The van der Waals surface area contributed by atoms with E-state index < -0.39 is 0 Å². The summed E-state index contributed by atoms with van der Waals surface area (Å²) in [6, 6.07) is 53.1. The average Bonchev–Trinajstić information content (AvgIpc) is 3.68. The highest BCUT2D eigenvalue weighted by Crippen LogP contribution is 2.42. The van der Waals surface area contributed by atoms with Crippen molar-refractivity contribution in [3.63, 3.8) is 0 Å². The molecule has 0 fully saturated rings. The van der Waals surface area contributed by atoms with Crippen LogP contribution in [0.15, 0.2) is 146 Å². The van der Waals surface area contributed by atoms with Gasteiger partial charge >= 0.3 is 0 Å². The molecule has 3 aromatic heterocycles. The van der Waals surface area contributed by atoms with E-state index >= 15 is 0 Å². The standard InChI is InChI=1S/C42H24N6/c43-25-27-14-18-29(19-15-27)34-24-35(30-20-16-28(26-44)17-21-30)46-42(45-34)48-37-13-7-5-11-33(37)41-39(48)23-22-38-40(41)32-10-4-6-12-36(32)47(38)31-8-2-1-3-9-31/h1-24H. The lowest BCUT2D eigenvalue weighted by molar-refractivity contribution is 0.996. The SMILES string of the molecule is N#Cc1ccc(-c2cc(-c3ccc(C#N)cc3)nc(-n3c4ccccc4c4c5c6ccccc6n(-c6ccccc6)c5ccc43)n2)cc1. The molecule has 0 saturated heterocycles. The summed E-state index contributed by atoms with van der Waals surface area (Å²) in [6.45, 7) is 0. The van der Waals surface area contributed by atoms with Crippen molar-refractivity contribution in [1.82, 2.24) is 19.1 Å². The summed E-state index contributed by atoms with van der Waals surface area (Å²) >= 11 is 0. The van der Waals surface area contributed by atoms with Gasteiger partial charge in [0.15, 0.2) is 0 Å². The van der Waals surface area contributed by atoms with E-state index in [1.54, 1.807) is 24.3 Å². The fraction of sp³-hybridized carbons (Fsp3) is 0. The number of nitrogens with zero attached hydrogens (tertiary/aromatic N) is 6. The second-order valence-corrected chi connectivity index (χ2v) is 11.7. The quantitative estimate of drug-likeness (QED) is 0.198. The molecule has 0 atom stereocenters. The van der Waals surface area contributed by atoms with Crippen molar-refractivity contribution in [3.8, 4) is 46.3 Å². The zero-order valence-corrected chi connectivity index (χ0v) is 25.5. The molecule has 0 aliphatic carbocycles. The van der Waals surface area contributed by atoms with Gasteiger partial charge in [-0.1, -0.05) is 78.9 Å². The average molecular weight is 613 g/mol. The first-order valence-corrected chi connectivity index (χ1v) is 15.6. The highest BCUT2D eigenvalue weighted by molar-refractivity contribution is 6.28. The van der Waals surface area contributed by atoms with Gasteiger partial charge in [0.25, 0.3) is 0 Å². The minimum absolute atomic E-state index is 0.536. The fourth-order valence-corrected chi connectivity index (χ4v) is 6.85. The number of hydrogen-bond donors (Lipinski definition) is 0. The lowest BCUT2D eigenvalue weighted by Gasteiger charge is -2.12. The van der Waals surface area contributed by atoms with E-state index in [0.717, 1.165) is 61.0 Å². The second kappa shape index (κ2) is 10.8. The third-order valence-electron chi connectivity index (χ3n) is 9.02. The molecule has 6 heteroatoms. The lowest BCUT2D eigenvalue weighted by Crippen LogP contribution is -2.04. The van der Waals surface area contributed by atoms with Crippen LogP contribution in [0.25, 0.3) is 77.8 Å². The molecular formula is C42H24N6. The smallest absolute Gasteiger partial charge is 0.235 e. The van der Waals surface area contributed by atoms with Gasteiger partial charge in [0, 0.05) is 38.4 Å². The third-order valence-corrected chi connectivity index (χ3v) is 9.02. The normalized spacial score (nSPS) is 11.3. The third kappa shape index (κ3) is 4.18. The van der Waals surface area contributed by atoms with Crippen molar-refractivity contribution >= 4 is 43.6 Å². The molecule has 0 aliphatic rings. The van der Waals surface area contributed by atoms with E-state index in [2.05, 4.69) is 100 Å². The van der Waals surface area contributed by atoms with Crippen molar-refractivity contribution in [2.45, 2.75) is 0 Å². The molecule has 0 bridgehead atoms. The Labute approximate surface area is 275 Å². The number of hydrogen-bond acceptors (Lipinski definition) is 4. The van der Waals surface area contributed by atoms with Crippen LogP contribution in [0, 0.1) is 22.7 Å². The van der Waals surface area contributed by atoms with Crippen LogP contribution in [-0.4, -0.2) is 19.1 Å².